The first-order valence-electron chi connectivity index (χ1n) is 18.4. The van der Waals surface area contributed by atoms with E-state index in [9.17, 15) is 4.79 Å². The van der Waals surface area contributed by atoms with Gasteiger partial charge < -0.3 is 46.1 Å². The Bertz CT molecular complexity index is 2490. The van der Waals surface area contributed by atoms with E-state index in [1.165, 1.54) is 34.0 Å². The van der Waals surface area contributed by atoms with Gasteiger partial charge in [0.1, 0.15) is 27.7 Å². The number of nitrogen functional groups attached to an aromatic ring is 2. The Balaban J connectivity index is 1.02. The Morgan fingerprint density at radius 1 is 0.655 bits per heavy atom. The summed E-state index contributed by atoms with van der Waals surface area (Å²) in [5.74, 6) is 0.222. The van der Waals surface area contributed by atoms with E-state index in [0.717, 1.165) is 74.5 Å². The minimum Gasteiger partial charge on any atom is -0.456 e. The summed E-state index contributed by atoms with van der Waals surface area (Å²) in [6.07, 6.45) is 0. The lowest BCUT2D eigenvalue weighted by molar-refractivity contribution is 0.104. The molecule has 0 radical (unpaired) electrons. The maximum atomic E-state index is 14.6. The van der Waals surface area contributed by atoms with E-state index < -0.39 is 0 Å². The minimum atomic E-state index is -0.252. The van der Waals surface area contributed by atoms with E-state index in [2.05, 4.69) is 85.7 Å². The molecule has 12 nitrogen and oxygen atoms in total. The summed E-state index contributed by atoms with van der Waals surface area (Å²) >= 11 is 2.63. The first kappa shape index (κ1) is 35.1. The van der Waals surface area contributed by atoms with Crippen LogP contribution < -0.4 is 31.9 Å². The van der Waals surface area contributed by atoms with Crippen LogP contribution in [0.3, 0.4) is 0 Å². The fraction of sp³-hybridized carbons (Fsp3) is 0.244. The summed E-state index contributed by atoms with van der Waals surface area (Å²) < 4.78 is 6.27. The summed E-state index contributed by atoms with van der Waals surface area (Å²) in [7, 11) is 4.31. The van der Waals surface area contributed by atoms with Crippen molar-refractivity contribution in [2.45, 2.75) is 0 Å². The van der Waals surface area contributed by atoms with Crippen LogP contribution in [0.5, 0.6) is 0 Å². The predicted molar refractivity (Wildman–Crippen MR) is 228 cm³/mol. The van der Waals surface area contributed by atoms with Gasteiger partial charge in [-0.3, -0.25) is 4.79 Å². The number of anilines is 8. The molecule has 0 unspecified atom stereocenters. The van der Waals surface area contributed by atoms with Crippen molar-refractivity contribution in [2.24, 2.45) is 0 Å². The molecule has 0 amide bonds. The number of benzene rings is 4. The van der Waals surface area contributed by atoms with Gasteiger partial charge in [0, 0.05) is 97.0 Å². The van der Waals surface area contributed by atoms with Gasteiger partial charge in [-0.25, -0.2) is 9.97 Å². The molecule has 0 atom stereocenters. The van der Waals surface area contributed by atoms with Gasteiger partial charge in [0.25, 0.3) is 0 Å². The predicted octanol–water partition coefficient (Wildman–Crippen LogP) is 7.55. The largest absolute Gasteiger partial charge is 0.456 e. The zero-order valence-electron chi connectivity index (χ0n) is 30.7. The van der Waals surface area contributed by atoms with E-state index in [4.69, 9.17) is 20.9 Å². The van der Waals surface area contributed by atoms with Crippen LogP contribution in [-0.2, 0) is 0 Å². The average molecular weight is 771 g/mol. The standard InChI is InChI=1S/C41H42N10O2S2/c1-48-17-21-50(22-18-48)27-11-7-25(8-12-27)44-40-46-38(42)36(54-40)34-30(15-16-32-33(34)29-5-3-4-6-31(29)53-32)35(52)37-39(43)47-41(55-37)45-26-9-13-28(14-10-26)51-23-19-49(2)20-24-51/h3-16H,17-24,42-43H2,1-2H3,(H,44,46)(H,45,47). The van der Waals surface area contributed by atoms with Crippen LogP contribution in [-0.4, -0.2) is 92.0 Å². The van der Waals surface area contributed by atoms with Crippen LogP contribution in [0, 0.1) is 0 Å². The maximum Gasteiger partial charge on any atom is 0.207 e. The molecule has 6 N–H and O–H groups in total. The Morgan fingerprint density at radius 3 is 1.80 bits per heavy atom. The fourth-order valence-electron chi connectivity index (χ4n) is 7.36. The molecule has 9 rings (SSSR count). The Labute approximate surface area is 327 Å². The molecule has 2 fully saturated rings. The summed E-state index contributed by atoms with van der Waals surface area (Å²) in [5, 5.41) is 9.62. The van der Waals surface area contributed by atoms with Crippen molar-refractivity contribution in [3.63, 3.8) is 0 Å². The number of hydrogen-bond donors (Lipinski definition) is 4. The number of rotatable bonds is 9. The second-order valence-electron chi connectivity index (χ2n) is 14.2. The number of carbonyl (C=O) groups excluding carboxylic acids is 1. The van der Waals surface area contributed by atoms with Crippen molar-refractivity contribution in [3.05, 3.63) is 95.4 Å². The summed E-state index contributed by atoms with van der Waals surface area (Å²) in [6.45, 7) is 8.17. The Hall–Kier alpha value is -5.67. The van der Waals surface area contributed by atoms with Crippen molar-refractivity contribution < 1.29 is 9.21 Å². The number of nitrogens with two attached hydrogens (primary N) is 2. The smallest absolute Gasteiger partial charge is 0.207 e. The molecule has 0 bridgehead atoms. The quantitative estimate of drug-likeness (QED) is 0.108. The maximum absolute atomic E-state index is 14.6. The second-order valence-corrected chi connectivity index (χ2v) is 16.2. The number of ketones is 1. The fourth-order valence-corrected chi connectivity index (χ4v) is 9.19. The normalized spacial score (nSPS) is 15.6. The number of piperazine rings is 2. The summed E-state index contributed by atoms with van der Waals surface area (Å²) in [4.78, 5) is 34.4. The zero-order chi connectivity index (χ0) is 37.6. The third kappa shape index (κ3) is 6.93. The number of likely N-dealkylation sites (N-methyl/N-ethyl adjacent to an activating group) is 2. The molecule has 14 heteroatoms. The molecule has 0 aliphatic carbocycles. The van der Waals surface area contributed by atoms with Gasteiger partial charge in [-0.15, -0.1) is 0 Å². The number of nitrogens with one attached hydrogen (secondary N) is 2. The van der Waals surface area contributed by atoms with Crippen LogP contribution in [0.1, 0.15) is 15.2 Å². The molecule has 2 aliphatic heterocycles. The highest BCUT2D eigenvalue weighted by molar-refractivity contribution is 7.20. The van der Waals surface area contributed by atoms with Gasteiger partial charge in [-0.1, -0.05) is 40.9 Å². The number of para-hydroxylation sites is 1. The van der Waals surface area contributed by atoms with Gasteiger partial charge in [-0.05, 0) is 80.8 Å². The number of aromatic nitrogens is 2. The van der Waals surface area contributed by atoms with Crippen LogP contribution in [0.2, 0.25) is 0 Å². The van der Waals surface area contributed by atoms with E-state index in [-0.39, 0.29) is 11.6 Å². The number of thiazole rings is 2. The third-order valence-electron chi connectivity index (χ3n) is 10.5. The molecule has 5 heterocycles. The van der Waals surface area contributed by atoms with Gasteiger partial charge in [0.05, 0.1) is 4.88 Å². The molecule has 0 saturated carbocycles. The highest BCUT2D eigenvalue weighted by atomic mass is 32.1. The SMILES string of the molecule is CN1CCN(c2ccc(Nc3nc(N)c(C(=O)c4ccc5oc6ccccc6c5c4-c4sc(Nc5ccc(N6CCN(C)CC6)cc5)nc4N)s3)cc2)CC1. The van der Waals surface area contributed by atoms with E-state index in [0.29, 0.717) is 48.1 Å². The zero-order valence-corrected chi connectivity index (χ0v) is 32.3. The van der Waals surface area contributed by atoms with Gasteiger partial charge >= 0.3 is 0 Å². The van der Waals surface area contributed by atoms with Crippen LogP contribution >= 0.6 is 22.7 Å². The van der Waals surface area contributed by atoms with E-state index in [1.807, 2.05) is 42.5 Å². The van der Waals surface area contributed by atoms with Crippen molar-refractivity contribution in [1.82, 2.24) is 19.8 Å². The van der Waals surface area contributed by atoms with Gasteiger partial charge in [0.2, 0.25) is 5.78 Å². The molecular weight excluding hydrogens is 729 g/mol. The van der Waals surface area contributed by atoms with Gasteiger partial charge in [-0.2, -0.15) is 0 Å². The van der Waals surface area contributed by atoms with Crippen molar-refractivity contribution in [3.8, 4) is 10.4 Å². The highest BCUT2D eigenvalue weighted by Crippen LogP contribution is 2.46. The highest BCUT2D eigenvalue weighted by Gasteiger charge is 2.28. The molecule has 4 aromatic carbocycles. The van der Waals surface area contributed by atoms with Crippen molar-refractivity contribution in [2.75, 3.05) is 98.4 Å². The summed E-state index contributed by atoms with van der Waals surface area (Å²) in [5.41, 5.74) is 19.8. The van der Waals surface area contributed by atoms with E-state index in [1.54, 1.807) is 6.07 Å². The van der Waals surface area contributed by atoms with Crippen molar-refractivity contribution >= 4 is 95.0 Å². The lowest BCUT2D eigenvalue weighted by atomic mass is 9.96. The molecule has 3 aromatic heterocycles. The molecule has 55 heavy (non-hydrogen) atoms. The topological polar surface area (TPSA) is 145 Å². The first-order chi connectivity index (χ1) is 26.8. The van der Waals surface area contributed by atoms with E-state index >= 15 is 0 Å². The molecular formula is C41H42N10O2S2. The third-order valence-corrected chi connectivity index (χ3v) is 12.5. The minimum absolute atomic E-state index is 0.161. The summed E-state index contributed by atoms with van der Waals surface area (Å²) in [6, 6.07) is 28.1. The first-order valence-corrected chi connectivity index (χ1v) is 20.0. The lowest BCUT2D eigenvalue weighted by Gasteiger charge is -2.34. The number of fused-ring (bicyclic) bond motifs is 3. The lowest BCUT2D eigenvalue weighted by Crippen LogP contribution is -2.44. The number of hydrogen-bond acceptors (Lipinski definition) is 14. The second kappa shape index (κ2) is 14.5. The van der Waals surface area contributed by atoms with Crippen LogP contribution in [0.25, 0.3) is 32.4 Å². The number of furan rings is 1. The van der Waals surface area contributed by atoms with Crippen molar-refractivity contribution in [1.29, 1.82) is 0 Å². The number of nitrogens with zero attached hydrogens (tertiary/aromatic N) is 6. The molecule has 280 valence electrons. The monoisotopic (exact) mass is 770 g/mol. The molecule has 0 spiro atoms. The Morgan fingerprint density at radius 2 is 1.20 bits per heavy atom. The molecule has 2 saturated heterocycles. The van der Waals surface area contributed by atoms with Crippen LogP contribution in [0.15, 0.2) is 89.3 Å². The molecule has 2 aliphatic rings. The Kier molecular flexibility index (Phi) is 9.26. The number of carbonyl (C=O) groups is 1. The van der Waals surface area contributed by atoms with Crippen LogP contribution in [0.4, 0.5) is 44.6 Å². The average Bonchev–Trinajstić information content (AvgIpc) is 3.89. The van der Waals surface area contributed by atoms with Gasteiger partial charge in [0.15, 0.2) is 10.3 Å². The molecule has 7 aromatic rings.